The molecule has 0 spiro atoms. The van der Waals surface area contributed by atoms with Crippen LogP contribution in [0.15, 0.2) is 60.9 Å². The van der Waals surface area contributed by atoms with E-state index in [1.165, 1.54) is 25.2 Å². The number of anilines is 3. The molecular weight excluding hydrogens is 496 g/mol. The standard InChI is InChI=1S/C29H28N6O4/c1-5-38-26-14-23-22(13-24(26)34-28(36)29(37)35(3)4)27(19(15-30)16-32-23)33-20-9-10-25(18(2)12-20)39-17-21-8-6-7-11-31-21/h6-14,16H,5,17H2,1-4H3,(H,32,33)(H,34,36). The van der Waals surface area contributed by atoms with E-state index in [9.17, 15) is 14.9 Å². The summed E-state index contributed by atoms with van der Waals surface area (Å²) in [4.78, 5) is 34.5. The van der Waals surface area contributed by atoms with Crippen LogP contribution in [0, 0.1) is 18.3 Å². The van der Waals surface area contributed by atoms with Crippen LogP contribution in [-0.2, 0) is 16.2 Å². The molecule has 10 nitrogen and oxygen atoms in total. The fraction of sp³-hybridized carbons (Fsp3) is 0.207. The molecule has 2 N–H and O–H groups in total. The van der Waals surface area contributed by atoms with Crippen molar-refractivity contribution in [2.45, 2.75) is 20.5 Å². The Morgan fingerprint density at radius 1 is 1.05 bits per heavy atom. The number of pyridine rings is 2. The Bertz CT molecular complexity index is 1560. The average Bonchev–Trinajstić information content (AvgIpc) is 2.93. The topological polar surface area (TPSA) is 129 Å². The molecule has 2 amide bonds. The van der Waals surface area contributed by atoms with Gasteiger partial charge in [-0.25, -0.2) is 0 Å². The minimum atomic E-state index is -0.809. The predicted molar refractivity (Wildman–Crippen MR) is 148 cm³/mol. The lowest BCUT2D eigenvalue weighted by Gasteiger charge is -2.17. The van der Waals surface area contributed by atoms with Crippen LogP contribution < -0.4 is 20.1 Å². The maximum Gasteiger partial charge on any atom is 0.313 e. The number of hydrogen-bond acceptors (Lipinski definition) is 8. The van der Waals surface area contributed by atoms with Crippen molar-refractivity contribution in [1.29, 1.82) is 5.26 Å². The van der Waals surface area contributed by atoms with Crippen LogP contribution >= 0.6 is 0 Å². The zero-order valence-electron chi connectivity index (χ0n) is 22.1. The van der Waals surface area contributed by atoms with Gasteiger partial charge in [0.15, 0.2) is 0 Å². The van der Waals surface area contributed by atoms with E-state index in [0.717, 1.165) is 16.9 Å². The third-order valence-electron chi connectivity index (χ3n) is 5.78. The second kappa shape index (κ2) is 11.9. The van der Waals surface area contributed by atoms with E-state index in [4.69, 9.17) is 9.47 Å². The lowest BCUT2D eigenvalue weighted by Crippen LogP contribution is -2.34. The van der Waals surface area contributed by atoms with Crippen molar-refractivity contribution in [2.24, 2.45) is 0 Å². The van der Waals surface area contributed by atoms with Crippen molar-refractivity contribution in [2.75, 3.05) is 31.3 Å². The van der Waals surface area contributed by atoms with Crippen molar-refractivity contribution in [1.82, 2.24) is 14.9 Å². The summed E-state index contributed by atoms with van der Waals surface area (Å²) in [7, 11) is 2.99. The molecule has 0 bridgehead atoms. The monoisotopic (exact) mass is 524 g/mol. The lowest BCUT2D eigenvalue weighted by molar-refractivity contribution is -0.141. The highest BCUT2D eigenvalue weighted by Crippen LogP contribution is 2.36. The molecule has 39 heavy (non-hydrogen) atoms. The molecule has 0 aliphatic heterocycles. The summed E-state index contributed by atoms with van der Waals surface area (Å²) in [6.07, 6.45) is 3.20. The zero-order valence-corrected chi connectivity index (χ0v) is 22.1. The summed E-state index contributed by atoms with van der Waals surface area (Å²) >= 11 is 0. The number of nitrogens with one attached hydrogen (secondary N) is 2. The first-order chi connectivity index (χ1) is 18.8. The van der Waals surface area contributed by atoms with E-state index in [0.29, 0.717) is 52.6 Å². The Morgan fingerprint density at radius 3 is 2.54 bits per heavy atom. The first-order valence-corrected chi connectivity index (χ1v) is 12.2. The first kappa shape index (κ1) is 26.9. The molecule has 10 heteroatoms. The number of aryl methyl sites for hydroxylation is 1. The summed E-state index contributed by atoms with van der Waals surface area (Å²) in [6.45, 7) is 4.42. The summed E-state index contributed by atoms with van der Waals surface area (Å²) in [5.41, 5.74) is 4.08. The largest absolute Gasteiger partial charge is 0.492 e. The van der Waals surface area contributed by atoms with E-state index in [-0.39, 0.29) is 0 Å². The first-order valence-electron chi connectivity index (χ1n) is 12.2. The molecule has 0 fully saturated rings. The van der Waals surface area contributed by atoms with Gasteiger partial charge >= 0.3 is 11.8 Å². The molecule has 2 aromatic carbocycles. The number of aromatic nitrogens is 2. The van der Waals surface area contributed by atoms with Crippen molar-refractivity contribution in [3.63, 3.8) is 0 Å². The Labute approximate surface area is 226 Å². The minimum Gasteiger partial charge on any atom is -0.492 e. The van der Waals surface area contributed by atoms with Crippen molar-refractivity contribution >= 4 is 39.8 Å². The van der Waals surface area contributed by atoms with Crippen LogP contribution in [0.2, 0.25) is 0 Å². The van der Waals surface area contributed by atoms with Crippen molar-refractivity contribution in [3.8, 4) is 17.6 Å². The maximum absolute atomic E-state index is 12.5. The maximum atomic E-state index is 12.5. The number of carbonyl (C=O) groups excluding carboxylic acids is 2. The lowest BCUT2D eigenvalue weighted by atomic mass is 10.1. The number of ether oxygens (including phenoxy) is 2. The molecule has 4 aromatic rings. The zero-order chi connectivity index (χ0) is 27.9. The molecule has 0 saturated carbocycles. The highest BCUT2D eigenvalue weighted by atomic mass is 16.5. The van der Waals surface area contributed by atoms with Gasteiger partial charge in [0.25, 0.3) is 0 Å². The van der Waals surface area contributed by atoms with Gasteiger partial charge in [0.2, 0.25) is 0 Å². The summed E-state index contributed by atoms with van der Waals surface area (Å²) < 4.78 is 11.6. The van der Waals surface area contributed by atoms with Crippen LogP contribution in [0.25, 0.3) is 10.9 Å². The summed E-state index contributed by atoms with van der Waals surface area (Å²) in [6, 6.07) is 16.7. The van der Waals surface area contributed by atoms with E-state index in [1.54, 1.807) is 18.3 Å². The number of benzene rings is 2. The highest BCUT2D eigenvalue weighted by molar-refractivity contribution is 6.39. The van der Waals surface area contributed by atoms with Crippen LogP contribution in [0.1, 0.15) is 23.7 Å². The van der Waals surface area contributed by atoms with Crippen LogP contribution in [-0.4, -0.2) is 47.4 Å². The predicted octanol–water partition coefficient (Wildman–Crippen LogP) is 4.56. The van der Waals surface area contributed by atoms with Gasteiger partial charge in [0.05, 0.1) is 34.8 Å². The van der Waals surface area contributed by atoms with Gasteiger partial charge in [0, 0.05) is 43.6 Å². The molecule has 0 aliphatic rings. The molecule has 0 unspecified atom stereocenters. The van der Waals surface area contributed by atoms with E-state index < -0.39 is 11.8 Å². The summed E-state index contributed by atoms with van der Waals surface area (Å²) in [5.74, 6) is -0.446. The summed E-state index contributed by atoms with van der Waals surface area (Å²) in [5, 5.41) is 16.3. The number of hydrogen-bond donors (Lipinski definition) is 2. The van der Waals surface area contributed by atoms with Gasteiger partial charge in [0.1, 0.15) is 24.2 Å². The van der Waals surface area contributed by atoms with E-state index in [1.807, 2.05) is 50.2 Å². The van der Waals surface area contributed by atoms with Gasteiger partial charge in [-0.05, 0) is 55.8 Å². The third kappa shape index (κ3) is 6.22. The van der Waals surface area contributed by atoms with Crippen LogP contribution in [0.3, 0.4) is 0 Å². The van der Waals surface area contributed by atoms with Crippen LogP contribution in [0.4, 0.5) is 17.1 Å². The van der Waals surface area contributed by atoms with Gasteiger partial charge in [-0.2, -0.15) is 5.26 Å². The highest BCUT2D eigenvalue weighted by Gasteiger charge is 2.20. The second-order valence-electron chi connectivity index (χ2n) is 8.83. The number of rotatable bonds is 8. The second-order valence-corrected chi connectivity index (χ2v) is 8.83. The Balaban J connectivity index is 1.68. The molecule has 2 aromatic heterocycles. The minimum absolute atomic E-state index is 0.291. The number of fused-ring (bicyclic) bond motifs is 1. The molecule has 2 heterocycles. The molecule has 4 rings (SSSR count). The third-order valence-corrected chi connectivity index (χ3v) is 5.78. The van der Waals surface area contributed by atoms with E-state index in [2.05, 4.69) is 26.7 Å². The number of nitrogens with zero attached hydrogens (tertiary/aromatic N) is 4. The van der Waals surface area contributed by atoms with Gasteiger partial charge < -0.3 is 25.0 Å². The molecule has 0 aliphatic carbocycles. The number of likely N-dealkylation sites (N-methyl/N-ethyl adjacent to an activating group) is 1. The van der Waals surface area contributed by atoms with Crippen molar-refractivity contribution in [3.05, 3.63) is 77.7 Å². The average molecular weight is 525 g/mol. The SMILES string of the molecule is CCOc1cc2ncc(C#N)c(Nc3ccc(OCc4ccccn4)c(C)c3)c2cc1NC(=O)C(=O)N(C)C. The molecule has 0 atom stereocenters. The van der Waals surface area contributed by atoms with Crippen LogP contribution in [0.5, 0.6) is 11.5 Å². The quantitative estimate of drug-likeness (QED) is 0.321. The van der Waals surface area contributed by atoms with Gasteiger partial charge in [-0.1, -0.05) is 6.07 Å². The number of carbonyl (C=O) groups is 2. The molecule has 0 radical (unpaired) electrons. The van der Waals surface area contributed by atoms with E-state index >= 15 is 0 Å². The fourth-order valence-electron chi connectivity index (χ4n) is 3.86. The number of nitriles is 1. The van der Waals surface area contributed by atoms with Crippen molar-refractivity contribution < 1.29 is 19.1 Å². The van der Waals surface area contributed by atoms with Gasteiger partial charge in [-0.15, -0.1) is 0 Å². The fourth-order valence-corrected chi connectivity index (χ4v) is 3.86. The smallest absolute Gasteiger partial charge is 0.313 e. The Morgan fingerprint density at radius 2 is 1.87 bits per heavy atom. The Hall–Kier alpha value is -5.17. The molecule has 0 saturated heterocycles. The molecule has 198 valence electrons. The normalized spacial score (nSPS) is 10.4. The Kier molecular flexibility index (Phi) is 8.21. The number of amides is 2. The molecular formula is C29H28N6O4. The van der Waals surface area contributed by atoms with Gasteiger partial charge in [-0.3, -0.25) is 19.6 Å².